The van der Waals surface area contributed by atoms with E-state index in [1.165, 1.54) is 6.42 Å². The van der Waals surface area contributed by atoms with Gasteiger partial charge in [0.05, 0.1) is 25.9 Å². The minimum atomic E-state index is -0.132. The zero-order valence-corrected chi connectivity index (χ0v) is 17.0. The van der Waals surface area contributed by atoms with E-state index < -0.39 is 0 Å². The third-order valence-electron chi connectivity index (χ3n) is 4.60. The summed E-state index contributed by atoms with van der Waals surface area (Å²) in [5.41, 5.74) is 1.82. The summed E-state index contributed by atoms with van der Waals surface area (Å²) in [6, 6.07) is 7.90. The Morgan fingerprint density at radius 2 is 2.04 bits per heavy atom. The number of hydrogen-bond donors (Lipinski definition) is 2. The standard InChI is InChI=1S/C21H35N3O3/c1-4-10-24-11-8-19(9-12-24)22-21(25)23-20-7-5-6-18(15-20)16-26-13-14-27-17(2)3/h5-7,15,17,19H,4,8-14,16H2,1-3H3,(H2,22,23,25). The highest BCUT2D eigenvalue weighted by Crippen LogP contribution is 2.13. The van der Waals surface area contributed by atoms with Gasteiger partial charge in [0.15, 0.2) is 0 Å². The van der Waals surface area contributed by atoms with Crippen LogP contribution in [0.3, 0.4) is 0 Å². The van der Waals surface area contributed by atoms with Crippen LogP contribution in [0.15, 0.2) is 24.3 Å². The number of carbonyl (C=O) groups is 1. The van der Waals surface area contributed by atoms with E-state index >= 15 is 0 Å². The summed E-state index contributed by atoms with van der Waals surface area (Å²) in [4.78, 5) is 14.7. The highest BCUT2D eigenvalue weighted by Gasteiger charge is 2.20. The minimum Gasteiger partial charge on any atom is -0.376 e. The fourth-order valence-electron chi connectivity index (χ4n) is 3.24. The number of hydrogen-bond acceptors (Lipinski definition) is 4. The van der Waals surface area contributed by atoms with E-state index in [0.29, 0.717) is 19.8 Å². The van der Waals surface area contributed by atoms with Gasteiger partial charge in [-0.3, -0.25) is 0 Å². The maximum atomic E-state index is 12.3. The number of benzene rings is 1. The number of carbonyl (C=O) groups excluding carboxylic acids is 1. The molecule has 0 atom stereocenters. The van der Waals surface area contributed by atoms with Crippen LogP contribution in [0.2, 0.25) is 0 Å². The van der Waals surface area contributed by atoms with Crippen LogP contribution in [0.4, 0.5) is 10.5 Å². The molecule has 6 heteroatoms. The molecular weight excluding hydrogens is 342 g/mol. The van der Waals surface area contributed by atoms with Crippen LogP contribution in [0.5, 0.6) is 0 Å². The molecule has 1 aliphatic rings. The van der Waals surface area contributed by atoms with Crippen LogP contribution < -0.4 is 10.6 Å². The van der Waals surface area contributed by atoms with E-state index in [2.05, 4.69) is 22.5 Å². The molecule has 2 N–H and O–H groups in total. The van der Waals surface area contributed by atoms with Gasteiger partial charge >= 0.3 is 6.03 Å². The van der Waals surface area contributed by atoms with Crippen LogP contribution in [-0.2, 0) is 16.1 Å². The lowest BCUT2D eigenvalue weighted by Crippen LogP contribution is -2.46. The molecule has 1 fully saturated rings. The minimum absolute atomic E-state index is 0.132. The number of urea groups is 1. The van der Waals surface area contributed by atoms with Gasteiger partial charge in [0, 0.05) is 24.8 Å². The predicted molar refractivity (Wildman–Crippen MR) is 109 cm³/mol. The second-order valence-corrected chi connectivity index (χ2v) is 7.39. The van der Waals surface area contributed by atoms with Gasteiger partial charge in [-0.2, -0.15) is 0 Å². The lowest BCUT2D eigenvalue weighted by atomic mass is 10.1. The number of anilines is 1. The number of likely N-dealkylation sites (tertiary alicyclic amines) is 1. The largest absolute Gasteiger partial charge is 0.376 e. The molecule has 1 aliphatic heterocycles. The van der Waals surface area contributed by atoms with Gasteiger partial charge in [-0.1, -0.05) is 19.1 Å². The fourth-order valence-corrected chi connectivity index (χ4v) is 3.24. The number of nitrogens with one attached hydrogen (secondary N) is 2. The molecular formula is C21H35N3O3. The first-order valence-electron chi connectivity index (χ1n) is 10.1. The molecule has 0 aromatic heterocycles. The highest BCUT2D eigenvalue weighted by atomic mass is 16.5. The van der Waals surface area contributed by atoms with Gasteiger partial charge in [0.25, 0.3) is 0 Å². The van der Waals surface area contributed by atoms with Crippen molar-refractivity contribution in [1.29, 1.82) is 0 Å². The molecule has 2 amide bonds. The number of rotatable bonds is 10. The lowest BCUT2D eigenvalue weighted by Gasteiger charge is -2.32. The number of ether oxygens (including phenoxy) is 2. The maximum Gasteiger partial charge on any atom is 0.319 e. The summed E-state index contributed by atoms with van der Waals surface area (Å²) < 4.78 is 11.1. The van der Waals surface area contributed by atoms with Gasteiger partial charge in [-0.25, -0.2) is 4.79 Å². The Balaban J connectivity index is 1.69. The summed E-state index contributed by atoms with van der Waals surface area (Å²) >= 11 is 0. The van der Waals surface area contributed by atoms with Crippen LogP contribution in [0, 0.1) is 0 Å². The Kier molecular flexibility index (Phi) is 9.59. The van der Waals surface area contributed by atoms with E-state index in [0.717, 1.165) is 43.7 Å². The Morgan fingerprint density at radius 1 is 1.26 bits per heavy atom. The first kappa shape index (κ1) is 21.7. The van der Waals surface area contributed by atoms with E-state index in [1.807, 2.05) is 38.1 Å². The van der Waals surface area contributed by atoms with Crippen molar-refractivity contribution in [1.82, 2.24) is 10.2 Å². The molecule has 0 unspecified atom stereocenters. The van der Waals surface area contributed by atoms with Crippen molar-refractivity contribution in [2.24, 2.45) is 0 Å². The van der Waals surface area contributed by atoms with Crippen molar-refractivity contribution in [3.05, 3.63) is 29.8 Å². The first-order valence-corrected chi connectivity index (χ1v) is 10.1. The Morgan fingerprint density at radius 3 is 2.74 bits per heavy atom. The van der Waals surface area contributed by atoms with Crippen LogP contribution in [-0.4, -0.2) is 55.9 Å². The SMILES string of the molecule is CCCN1CCC(NC(=O)Nc2cccc(COCCOC(C)C)c2)CC1. The zero-order valence-electron chi connectivity index (χ0n) is 17.0. The van der Waals surface area contributed by atoms with Gasteiger partial charge in [-0.05, 0) is 57.4 Å². The molecule has 2 rings (SSSR count). The molecule has 1 aromatic carbocycles. The lowest BCUT2D eigenvalue weighted by molar-refractivity contribution is 0.0143. The van der Waals surface area contributed by atoms with E-state index in [-0.39, 0.29) is 18.2 Å². The molecule has 0 saturated carbocycles. The van der Waals surface area contributed by atoms with Crippen molar-refractivity contribution < 1.29 is 14.3 Å². The quantitative estimate of drug-likeness (QED) is 0.611. The third kappa shape index (κ3) is 8.73. The van der Waals surface area contributed by atoms with E-state index in [1.54, 1.807) is 0 Å². The Labute approximate surface area is 163 Å². The summed E-state index contributed by atoms with van der Waals surface area (Å²) in [7, 11) is 0. The van der Waals surface area contributed by atoms with E-state index in [4.69, 9.17) is 9.47 Å². The molecule has 0 radical (unpaired) electrons. The first-order chi connectivity index (χ1) is 13.1. The van der Waals surface area contributed by atoms with Crippen molar-refractivity contribution in [3.8, 4) is 0 Å². The van der Waals surface area contributed by atoms with Crippen LogP contribution in [0.1, 0.15) is 45.6 Å². The van der Waals surface area contributed by atoms with Gasteiger partial charge < -0.3 is 25.0 Å². The number of amides is 2. The predicted octanol–water partition coefficient (Wildman–Crippen LogP) is 3.62. The molecule has 27 heavy (non-hydrogen) atoms. The molecule has 0 bridgehead atoms. The highest BCUT2D eigenvalue weighted by molar-refractivity contribution is 5.89. The second kappa shape index (κ2) is 12.0. The van der Waals surface area contributed by atoms with Crippen molar-refractivity contribution >= 4 is 11.7 Å². The van der Waals surface area contributed by atoms with Crippen LogP contribution >= 0.6 is 0 Å². The van der Waals surface area contributed by atoms with Crippen molar-refractivity contribution in [3.63, 3.8) is 0 Å². The molecule has 152 valence electrons. The Bertz CT molecular complexity index is 557. The van der Waals surface area contributed by atoms with Crippen molar-refractivity contribution in [2.45, 2.75) is 58.8 Å². The smallest absolute Gasteiger partial charge is 0.319 e. The molecule has 0 spiro atoms. The molecule has 6 nitrogen and oxygen atoms in total. The molecule has 1 heterocycles. The number of nitrogens with zero attached hydrogens (tertiary/aromatic N) is 1. The Hall–Kier alpha value is -1.63. The molecule has 1 saturated heterocycles. The van der Waals surface area contributed by atoms with Crippen LogP contribution in [0.25, 0.3) is 0 Å². The van der Waals surface area contributed by atoms with Gasteiger partial charge in [0.2, 0.25) is 0 Å². The second-order valence-electron chi connectivity index (χ2n) is 7.39. The average molecular weight is 378 g/mol. The molecule has 1 aromatic rings. The zero-order chi connectivity index (χ0) is 19.5. The summed E-state index contributed by atoms with van der Waals surface area (Å²) in [5.74, 6) is 0. The normalized spacial score (nSPS) is 15.9. The fraction of sp³-hybridized carbons (Fsp3) is 0.667. The third-order valence-corrected chi connectivity index (χ3v) is 4.60. The maximum absolute atomic E-state index is 12.3. The van der Waals surface area contributed by atoms with E-state index in [9.17, 15) is 4.79 Å². The summed E-state index contributed by atoms with van der Waals surface area (Å²) in [6.45, 7) is 11.2. The van der Waals surface area contributed by atoms with Gasteiger partial charge in [0.1, 0.15) is 0 Å². The topological polar surface area (TPSA) is 62.8 Å². The summed E-state index contributed by atoms with van der Waals surface area (Å²) in [5, 5.41) is 6.03. The number of piperidine rings is 1. The van der Waals surface area contributed by atoms with Crippen molar-refractivity contribution in [2.75, 3.05) is 38.2 Å². The monoisotopic (exact) mass is 377 g/mol. The average Bonchev–Trinajstić information content (AvgIpc) is 2.63. The van der Waals surface area contributed by atoms with Gasteiger partial charge in [-0.15, -0.1) is 0 Å². The summed E-state index contributed by atoms with van der Waals surface area (Å²) in [6.07, 6.45) is 3.43. The molecule has 0 aliphatic carbocycles.